The highest BCUT2D eigenvalue weighted by Crippen LogP contribution is 2.36. The second kappa shape index (κ2) is 10.6. The summed E-state index contributed by atoms with van der Waals surface area (Å²) >= 11 is 0. The lowest BCUT2D eigenvalue weighted by Gasteiger charge is -2.40. The molecule has 0 bridgehead atoms. The highest BCUT2D eigenvalue weighted by Gasteiger charge is 2.32. The molecule has 0 amide bonds. The van der Waals surface area contributed by atoms with Crippen LogP contribution in [0.4, 0.5) is 0 Å². The molecule has 0 aliphatic heterocycles. The topological polar surface area (TPSA) is 35.5 Å². The van der Waals surface area contributed by atoms with Gasteiger partial charge in [0.05, 0.1) is 0 Å². The third-order valence-corrected chi connectivity index (χ3v) is 4.77. The van der Waals surface area contributed by atoms with Gasteiger partial charge in [0.1, 0.15) is 0 Å². The molecular weight excluding hydrogens is 260 g/mol. The van der Waals surface area contributed by atoms with Crippen LogP contribution in [-0.4, -0.2) is 49.8 Å². The van der Waals surface area contributed by atoms with Gasteiger partial charge in [-0.05, 0) is 63.6 Å². The Balaban J connectivity index is 2.37. The molecule has 1 aliphatic rings. The van der Waals surface area contributed by atoms with Crippen LogP contribution in [-0.2, 0) is 0 Å². The van der Waals surface area contributed by atoms with Gasteiger partial charge in [0, 0.05) is 19.7 Å². The van der Waals surface area contributed by atoms with E-state index in [1.54, 1.807) is 0 Å². The first-order valence-electron chi connectivity index (χ1n) is 9.08. The van der Waals surface area contributed by atoms with Gasteiger partial charge in [-0.25, -0.2) is 0 Å². The minimum atomic E-state index is 0.340. The molecule has 0 aromatic carbocycles. The van der Waals surface area contributed by atoms with Crippen molar-refractivity contribution in [2.24, 2.45) is 11.3 Å². The van der Waals surface area contributed by atoms with E-state index in [-0.39, 0.29) is 0 Å². The normalized spacial score (nSPS) is 18.6. The van der Waals surface area contributed by atoms with Crippen LogP contribution in [0.25, 0.3) is 0 Å². The second-order valence-corrected chi connectivity index (χ2v) is 7.61. The van der Waals surface area contributed by atoms with E-state index in [9.17, 15) is 0 Å². The lowest BCUT2D eigenvalue weighted by molar-refractivity contribution is 0.115. The molecule has 126 valence electrons. The van der Waals surface area contributed by atoms with Crippen LogP contribution >= 0.6 is 0 Å². The molecule has 0 aromatic heterocycles. The van der Waals surface area contributed by atoms with E-state index in [4.69, 9.17) is 5.11 Å². The fraction of sp³-hybridized carbons (Fsp3) is 1.00. The summed E-state index contributed by atoms with van der Waals surface area (Å²) in [5, 5.41) is 12.6. The average Bonchev–Trinajstić information content (AvgIpc) is 2.44. The maximum atomic E-state index is 8.85. The van der Waals surface area contributed by atoms with Crippen LogP contribution in [0.5, 0.6) is 0 Å². The Morgan fingerprint density at radius 2 is 1.81 bits per heavy atom. The SMILES string of the molecule is CC(C)CNCC1(CN(C)CCCCCO)CCCCC1. The number of nitrogens with one attached hydrogen (secondary N) is 1. The molecule has 1 fully saturated rings. The average molecular weight is 299 g/mol. The number of unbranched alkanes of at least 4 members (excludes halogenated alkanes) is 2. The smallest absolute Gasteiger partial charge is 0.0431 e. The van der Waals surface area contributed by atoms with E-state index in [1.165, 1.54) is 58.2 Å². The maximum absolute atomic E-state index is 8.85. The number of aliphatic hydroxyl groups excluding tert-OH is 1. The zero-order chi connectivity index (χ0) is 15.6. The van der Waals surface area contributed by atoms with Gasteiger partial charge in [-0.15, -0.1) is 0 Å². The molecule has 3 heteroatoms. The third kappa shape index (κ3) is 8.18. The summed E-state index contributed by atoms with van der Waals surface area (Å²) in [6, 6.07) is 0. The Morgan fingerprint density at radius 1 is 1.10 bits per heavy atom. The number of aliphatic hydroxyl groups is 1. The first-order valence-corrected chi connectivity index (χ1v) is 9.08. The molecule has 0 aromatic rings. The summed E-state index contributed by atoms with van der Waals surface area (Å²) in [5.74, 6) is 0.738. The van der Waals surface area contributed by atoms with Gasteiger partial charge in [0.2, 0.25) is 0 Å². The second-order valence-electron chi connectivity index (χ2n) is 7.61. The van der Waals surface area contributed by atoms with E-state index in [1.807, 2.05) is 0 Å². The molecule has 3 nitrogen and oxygen atoms in total. The molecule has 21 heavy (non-hydrogen) atoms. The van der Waals surface area contributed by atoms with E-state index < -0.39 is 0 Å². The van der Waals surface area contributed by atoms with E-state index >= 15 is 0 Å². The van der Waals surface area contributed by atoms with Crippen LogP contribution in [0, 0.1) is 11.3 Å². The van der Waals surface area contributed by atoms with Gasteiger partial charge >= 0.3 is 0 Å². The fourth-order valence-electron chi connectivity index (χ4n) is 3.64. The van der Waals surface area contributed by atoms with E-state index in [2.05, 4.69) is 31.1 Å². The van der Waals surface area contributed by atoms with Crippen molar-refractivity contribution in [3.05, 3.63) is 0 Å². The number of nitrogens with zero attached hydrogens (tertiary/aromatic N) is 1. The summed E-state index contributed by atoms with van der Waals surface area (Å²) in [4.78, 5) is 2.53. The monoisotopic (exact) mass is 298 g/mol. The van der Waals surface area contributed by atoms with Crippen LogP contribution < -0.4 is 5.32 Å². The van der Waals surface area contributed by atoms with E-state index in [0.717, 1.165) is 25.3 Å². The van der Waals surface area contributed by atoms with Crippen molar-refractivity contribution in [3.63, 3.8) is 0 Å². The molecule has 1 aliphatic carbocycles. The van der Waals surface area contributed by atoms with Crippen molar-refractivity contribution in [3.8, 4) is 0 Å². The van der Waals surface area contributed by atoms with Gasteiger partial charge in [0.25, 0.3) is 0 Å². The maximum Gasteiger partial charge on any atom is 0.0431 e. The quantitative estimate of drug-likeness (QED) is 0.575. The summed E-state index contributed by atoms with van der Waals surface area (Å²) < 4.78 is 0. The van der Waals surface area contributed by atoms with Crippen LogP contribution in [0.3, 0.4) is 0 Å². The van der Waals surface area contributed by atoms with Crippen molar-refractivity contribution in [1.82, 2.24) is 10.2 Å². The zero-order valence-electron chi connectivity index (χ0n) is 14.7. The first kappa shape index (κ1) is 18.9. The summed E-state index contributed by atoms with van der Waals surface area (Å²) in [6.45, 7) is 9.64. The minimum Gasteiger partial charge on any atom is -0.396 e. The molecule has 0 unspecified atom stereocenters. The first-order chi connectivity index (χ1) is 10.1. The van der Waals surface area contributed by atoms with Crippen LogP contribution in [0.2, 0.25) is 0 Å². The van der Waals surface area contributed by atoms with Crippen molar-refractivity contribution in [2.75, 3.05) is 39.8 Å². The van der Waals surface area contributed by atoms with Crippen LogP contribution in [0.15, 0.2) is 0 Å². The highest BCUT2D eigenvalue weighted by atomic mass is 16.2. The Labute approximate surface area is 132 Å². The number of hydrogen-bond acceptors (Lipinski definition) is 3. The Hall–Kier alpha value is -0.120. The molecule has 0 heterocycles. The Morgan fingerprint density at radius 3 is 2.43 bits per heavy atom. The summed E-state index contributed by atoms with van der Waals surface area (Å²) in [5.41, 5.74) is 0.499. The zero-order valence-corrected chi connectivity index (χ0v) is 14.7. The van der Waals surface area contributed by atoms with Gasteiger partial charge in [-0.1, -0.05) is 33.1 Å². The highest BCUT2D eigenvalue weighted by molar-refractivity contribution is 4.87. The van der Waals surface area contributed by atoms with Crippen molar-refractivity contribution >= 4 is 0 Å². The Bertz CT molecular complexity index is 250. The predicted octanol–water partition coefficient (Wildman–Crippen LogP) is 3.28. The molecule has 1 saturated carbocycles. The standard InChI is InChI=1S/C18H38N2O/c1-17(2)14-19-15-18(10-6-4-7-11-18)16-20(3)12-8-5-9-13-21/h17,19,21H,4-16H2,1-3H3. The molecular formula is C18H38N2O. The molecule has 0 saturated heterocycles. The fourth-order valence-corrected chi connectivity index (χ4v) is 3.64. The molecule has 0 spiro atoms. The lowest BCUT2D eigenvalue weighted by atomic mass is 9.73. The van der Waals surface area contributed by atoms with Gasteiger partial charge < -0.3 is 15.3 Å². The summed E-state index contributed by atoms with van der Waals surface area (Å²) in [6.07, 6.45) is 10.3. The van der Waals surface area contributed by atoms with E-state index in [0.29, 0.717) is 12.0 Å². The van der Waals surface area contributed by atoms with Crippen LogP contribution in [0.1, 0.15) is 65.2 Å². The predicted molar refractivity (Wildman–Crippen MR) is 91.7 cm³/mol. The Kier molecular flexibility index (Phi) is 9.54. The number of hydrogen-bond donors (Lipinski definition) is 2. The van der Waals surface area contributed by atoms with Crippen molar-refractivity contribution in [2.45, 2.75) is 65.2 Å². The third-order valence-electron chi connectivity index (χ3n) is 4.77. The van der Waals surface area contributed by atoms with Crippen molar-refractivity contribution < 1.29 is 5.11 Å². The molecule has 2 N–H and O–H groups in total. The van der Waals surface area contributed by atoms with Crippen molar-refractivity contribution in [1.29, 1.82) is 0 Å². The largest absolute Gasteiger partial charge is 0.396 e. The van der Waals surface area contributed by atoms with Gasteiger partial charge in [-0.3, -0.25) is 0 Å². The summed E-state index contributed by atoms with van der Waals surface area (Å²) in [7, 11) is 2.28. The lowest BCUT2D eigenvalue weighted by Crippen LogP contribution is -2.45. The number of rotatable bonds is 11. The molecule has 0 radical (unpaired) electrons. The van der Waals surface area contributed by atoms with Gasteiger partial charge in [0.15, 0.2) is 0 Å². The minimum absolute atomic E-state index is 0.340. The molecule has 0 atom stereocenters. The van der Waals surface area contributed by atoms with Gasteiger partial charge in [-0.2, -0.15) is 0 Å². The molecule has 1 rings (SSSR count).